The lowest BCUT2D eigenvalue weighted by Crippen LogP contribution is -2.26. The van der Waals surface area contributed by atoms with Crippen LogP contribution in [0.3, 0.4) is 0 Å². The van der Waals surface area contributed by atoms with Crippen LogP contribution in [-0.4, -0.2) is 28.5 Å². The maximum absolute atomic E-state index is 12.5. The second-order valence-electron chi connectivity index (χ2n) is 3.31. The van der Waals surface area contributed by atoms with Crippen molar-refractivity contribution < 1.29 is 14.4 Å². The van der Waals surface area contributed by atoms with E-state index in [2.05, 4.69) is 15.5 Å². The SMILES string of the molecule is N/C(CCCNC(=O)c1ccc(F)cn1)=N/O. The van der Waals surface area contributed by atoms with E-state index in [1.54, 1.807) is 0 Å². The van der Waals surface area contributed by atoms with Gasteiger partial charge >= 0.3 is 0 Å². The van der Waals surface area contributed by atoms with Crippen LogP contribution in [0.5, 0.6) is 0 Å². The molecule has 0 unspecified atom stereocenters. The van der Waals surface area contributed by atoms with Gasteiger partial charge in [0, 0.05) is 13.0 Å². The minimum atomic E-state index is -0.492. The van der Waals surface area contributed by atoms with Gasteiger partial charge in [-0.2, -0.15) is 0 Å². The summed E-state index contributed by atoms with van der Waals surface area (Å²) < 4.78 is 12.5. The molecule has 4 N–H and O–H groups in total. The van der Waals surface area contributed by atoms with Crippen molar-refractivity contribution >= 4 is 11.7 Å². The van der Waals surface area contributed by atoms with E-state index < -0.39 is 5.82 Å². The Bertz CT molecular complexity index is 405. The lowest BCUT2D eigenvalue weighted by Gasteiger charge is -2.03. The number of carbonyl (C=O) groups is 1. The standard InChI is InChI=1S/C10H13FN4O2/c11-7-3-4-8(14-6-7)10(16)13-5-1-2-9(12)15-17/h3-4,6,17H,1-2,5H2,(H2,12,15)(H,13,16). The Morgan fingerprint density at radius 3 is 2.94 bits per heavy atom. The molecule has 7 heteroatoms. The van der Waals surface area contributed by atoms with Crippen LogP contribution in [-0.2, 0) is 0 Å². The molecule has 1 rings (SSSR count). The molecule has 1 aromatic heterocycles. The zero-order chi connectivity index (χ0) is 12.7. The highest BCUT2D eigenvalue weighted by atomic mass is 19.1. The van der Waals surface area contributed by atoms with Crippen molar-refractivity contribution in [3.8, 4) is 0 Å². The van der Waals surface area contributed by atoms with E-state index in [-0.39, 0.29) is 17.4 Å². The Morgan fingerprint density at radius 2 is 2.35 bits per heavy atom. The third-order valence-electron chi connectivity index (χ3n) is 1.98. The molecule has 0 atom stereocenters. The summed E-state index contributed by atoms with van der Waals surface area (Å²) in [6, 6.07) is 2.46. The number of nitrogens with zero attached hydrogens (tertiary/aromatic N) is 2. The number of amidine groups is 1. The molecule has 6 nitrogen and oxygen atoms in total. The van der Waals surface area contributed by atoms with E-state index in [4.69, 9.17) is 10.9 Å². The average Bonchev–Trinajstić information content (AvgIpc) is 2.34. The normalized spacial score (nSPS) is 11.2. The fourth-order valence-corrected chi connectivity index (χ4v) is 1.12. The van der Waals surface area contributed by atoms with Crippen molar-refractivity contribution in [2.75, 3.05) is 6.54 Å². The molecule has 0 spiro atoms. The van der Waals surface area contributed by atoms with Gasteiger partial charge in [0.05, 0.1) is 6.20 Å². The van der Waals surface area contributed by atoms with E-state index in [9.17, 15) is 9.18 Å². The van der Waals surface area contributed by atoms with Crippen molar-refractivity contribution in [2.45, 2.75) is 12.8 Å². The number of aromatic nitrogens is 1. The molecule has 0 radical (unpaired) electrons. The zero-order valence-corrected chi connectivity index (χ0v) is 9.06. The number of halogens is 1. The molecule has 0 aliphatic carbocycles. The first-order chi connectivity index (χ1) is 8.13. The van der Waals surface area contributed by atoms with E-state index in [1.165, 1.54) is 6.07 Å². The Morgan fingerprint density at radius 1 is 1.59 bits per heavy atom. The van der Waals surface area contributed by atoms with Gasteiger partial charge in [-0.25, -0.2) is 9.37 Å². The first-order valence-corrected chi connectivity index (χ1v) is 4.99. The minimum absolute atomic E-state index is 0.110. The van der Waals surface area contributed by atoms with Gasteiger partial charge in [-0.15, -0.1) is 0 Å². The molecule has 1 heterocycles. The van der Waals surface area contributed by atoms with Crippen molar-refractivity contribution in [3.05, 3.63) is 29.8 Å². The molecule has 0 aliphatic rings. The fraction of sp³-hybridized carbons (Fsp3) is 0.300. The van der Waals surface area contributed by atoms with Gasteiger partial charge in [0.1, 0.15) is 17.3 Å². The average molecular weight is 240 g/mol. The van der Waals surface area contributed by atoms with Gasteiger partial charge in [0.15, 0.2) is 0 Å². The van der Waals surface area contributed by atoms with Crippen LogP contribution in [0.1, 0.15) is 23.3 Å². The first kappa shape index (κ1) is 12.9. The lowest BCUT2D eigenvalue weighted by atomic mass is 10.3. The first-order valence-electron chi connectivity index (χ1n) is 4.99. The number of hydrogen-bond acceptors (Lipinski definition) is 4. The summed E-state index contributed by atoms with van der Waals surface area (Å²) >= 11 is 0. The second kappa shape index (κ2) is 6.41. The topological polar surface area (TPSA) is 101 Å². The predicted octanol–water partition coefficient (Wildman–Crippen LogP) is 0.477. The molecule has 0 aliphatic heterocycles. The summed E-state index contributed by atoms with van der Waals surface area (Å²) in [4.78, 5) is 15.1. The Hall–Kier alpha value is -2.18. The molecule has 1 aromatic rings. The Labute approximate surface area is 97.3 Å². The number of carbonyl (C=O) groups excluding carboxylic acids is 1. The summed E-state index contributed by atoms with van der Waals surface area (Å²) in [5.74, 6) is -0.767. The van der Waals surface area contributed by atoms with Crippen LogP contribution in [0, 0.1) is 5.82 Å². The highest BCUT2D eigenvalue weighted by Gasteiger charge is 2.06. The van der Waals surface area contributed by atoms with Gasteiger partial charge < -0.3 is 16.3 Å². The molecular weight excluding hydrogens is 227 g/mol. The third kappa shape index (κ3) is 4.45. The van der Waals surface area contributed by atoms with E-state index in [0.717, 1.165) is 12.3 Å². The van der Waals surface area contributed by atoms with Crippen molar-refractivity contribution in [3.63, 3.8) is 0 Å². The van der Waals surface area contributed by atoms with Crippen molar-refractivity contribution in [2.24, 2.45) is 10.9 Å². The molecule has 0 saturated heterocycles. The number of nitrogens with two attached hydrogens (primary N) is 1. The van der Waals surface area contributed by atoms with E-state index in [0.29, 0.717) is 19.4 Å². The van der Waals surface area contributed by atoms with Crippen LogP contribution in [0.15, 0.2) is 23.5 Å². The highest BCUT2D eigenvalue weighted by molar-refractivity contribution is 5.92. The van der Waals surface area contributed by atoms with Gasteiger partial charge in [-0.05, 0) is 18.6 Å². The second-order valence-corrected chi connectivity index (χ2v) is 3.31. The molecule has 1 amide bonds. The Kier molecular flexibility index (Phi) is 4.86. The molecular formula is C10H13FN4O2. The smallest absolute Gasteiger partial charge is 0.269 e. The van der Waals surface area contributed by atoms with E-state index in [1.807, 2.05) is 0 Å². The van der Waals surface area contributed by atoms with Crippen LogP contribution in [0.2, 0.25) is 0 Å². The Balaban J connectivity index is 2.33. The largest absolute Gasteiger partial charge is 0.409 e. The predicted molar refractivity (Wildman–Crippen MR) is 59.2 cm³/mol. The summed E-state index contributed by atoms with van der Waals surface area (Å²) in [5, 5.41) is 13.7. The van der Waals surface area contributed by atoms with Crippen LogP contribution in [0.4, 0.5) is 4.39 Å². The van der Waals surface area contributed by atoms with Crippen LogP contribution in [0.25, 0.3) is 0 Å². The number of oxime groups is 1. The number of rotatable bonds is 5. The van der Waals surface area contributed by atoms with Gasteiger partial charge in [-0.1, -0.05) is 5.16 Å². The van der Waals surface area contributed by atoms with Crippen LogP contribution < -0.4 is 11.1 Å². The summed E-state index contributed by atoms with van der Waals surface area (Å²) in [6.45, 7) is 0.369. The summed E-state index contributed by atoms with van der Waals surface area (Å²) in [5.41, 5.74) is 5.40. The van der Waals surface area contributed by atoms with Crippen molar-refractivity contribution in [1.82, 2.24) is 10.3 Å². The van der Waals surface area contributed by atoms with E-state index >= 15 is 0 Å². The minimum Gasteiger partial charge on any atom is -0.409 e. The number of amides is 1. The number of pyridine rings is 1. The number of nitrogens with one attached hydrogen (secondary N) is 1. The molecule has 0 fully saturated rings. The maximum atomic E-state index is 12.5. The van der Waals surface area contributed by atoms with Gasteiger partial charge in [-0.3, -0.25) is 4.79 Å². The molecule has 0 bridgehead atoms. The molecule has 0 saturated carbocycles. The third-order valence-corrected chi connectivity index (χ3v) is 1.98. The molecule has 0 aromatic carbocycles. The van der Waals surface area contributed by atoms with Gasteiger partial charge in [0.2, 0.25) is 0 Å². The zero-order valence-electron chi connectivity index (χ0n) is 9.06. The van der Waals surface area contributed by atoms with Crippen LogP contribution >= 0.6 is 0 Å². The summed E-state index contributed by atoms with van der Waals surface area (Å²) in [7, 11) is 0. The number of hydrogen-bond donors (Lipinski definition) is 3. The lowest BCUT2D eigenvalue weighted by molar-refractivity contribution is 0.0948. The fourth-order valence-electron chi connectivity index (χ4n) is 1.12. The maximum Gasteiger partial charge on any atom is 0.269 e. The quantitative estimate of drug-likeness (QED) is 0.229. The highest BCUT2D eigenvalue weighted by Crippen LogP contribution is 1.98. The van der Waals surface area contributed by atoms with Gasteiger partial charge in [0.25, 0.3) is 5.91 Å². The monoisotopic (exact) mass is 240 g/mol. The molecule has 17 heavy (non-hydrogen) atoms. The molecule has 92 valence electrons. The summed E-state index contributed by atoms with van der Waals surface area (Å²) in [6.07, 6.45) is 1.90. The van der Waals surface area contributed by atoms with Crippen molar-refractivity contribution in [1.29, 1.82) is 0 Å².